The highest BCUT2D eigenvalue weighted by molar-refractivity contribution is 9.10. The molecule has 0 atom stereocenters. The Morgan fingerprint density at radius 1 is 1.53 bits per heavy atom. The van der Waals surface area contributed by atoms with Crippen LogP contribution in [0.2, 0.25) is 0 Å². The van der Waals surface area contributed by atoms with E-state index in [1.807, 2.05) is 0 Å². The number of nitrogens with one attached hydrogen (secondary N) is 1. The SMILES string of the molecule is N=C1SCCN1CC(=O)c1cc(Br)cc([N+](=O)[O-])c1. The average molecular weight is 344 g/mol. The number of nitro benzene ring substituents is 1. The zero-order valence-electron chi connectivity index (χ0n) is 9.76. The van der Waals surface area contributed by atoms with Gasteiger partial charge in [0.15, 0.2) is 11.0 Å². The van der Waals surface area contributed by atoms with Crippen LogP contribution in [-0.2, 0) is 0 Å². The normalized spacial score (nSPS) is 14.8. The fourth-order valence-electron chi connectivity index (χ4n) is 1.70. The van der Waals surface area contributed by atoms with Crippen molar-refractivity contribution < 1.29 is 9.72 Å². The van der Waals surface area contributed by atoms with E-state index in [9.17, 15) is 14.9 Å². The highest BCUT2D eigenvalue weighted by atomic mass is 79.9. The summed E-state index contributed by atoms with van der Waals surface area (Å²) < 4.78 is 0.496. The summed E-state index contributed by atoms with van der Waals surface area (Å²) >= 11 is 4.55. The van der Waals surface area contributed by atoms with Crippen LogP contribution in [0.15, 0.2) is 22.7 Å². The third kappa shape index (κ3) is 3.32. The first kappa shape index (κ1) is 14.0. The van der Waals surface area contributed by atoms with E-state index in [4.69, 9.17) is 5.41 Å². The van der Waals surface area contributed by atoms with Crippen LogP contribution in [0, 0.1) is 15.5 Å². The zero-order valence-corrected chi connectivity index (χ0v) is 12.2. The number of benzene rings is 1. The van der Waals surface area contributed by atoms with Gasteiger partial charge in [0.05, 0.1) is 11.5 Å². The Labute approximate surface area is 122 Å². The Bertz CT molecular complexity index is 564. The summed E-state index contributed by atoms with van der Waals surface area (Å²) in [7, 11) is 0. The molecule has 0 bridgehead atoms. The number of carbonyl (C=O) groups excluding carboxylic acids is 1. The van der Waals surface area contributed by atoms with E-state index in [1.165, 1.54) is 23.9 Å². The number of nitrogens with zero attached hydrogens (tertiary/aromatic N) is 2. The highest BCUT2D eigenvalue weighted by Gasteiger charge is 2.22. The molecule has 0 unspecified atom stereocenters. The van der Waals surface area contributed by atoms with Crippen LogP contribution in [0.4, 0.5) is 5.69 Å². The van der Waals surface area contributed by atoms with Crippen LogP contribution < -0.4 is 0 Å². The molecule has 1 saturated heterocycles. The number of non-ortho nitro benzene ring substituents is 1. The minimum absolute atomic E-state index is 0.0828. The molecule has 0 radical (unpaired) electrons. The van der Waals surface area contributed by atoms with E-state index in [-0.39, 0.29) is 23.6 Å². The summed E-state index contributed by atoms with van der Waals surface area (Å²) in [6.07, 6.45) is 0. The molecule has 1 aliphatic rings. The Kier molecular flexibility index (Phi) is 4.20. The molecule has 1 aromatic rings. The molecule has 0 amide bonds. The van der Waals surface area contributed by atoms with Crippen molar-refractivity contribution in [2.24, 2.45) is 0 Å². The van der Waals surface area contributed by atoms with Crippen LogP contribution in [0.5, 0.6) is 0 Å². The smallest absolute Gasteiger partial charge is 0.271 e. The van der Waals surface area contributed by atoms with E-state index in [1.54, 1.807) is 11.0 Å². The van der Waals surface area contributed by atoms with E-state index < -0.39 is 4.92 Å². The minimum Gasteiger partial charge on any atom is -0.343 e. The molecule has 1 aromatic carbocycles. The van der Waals surface area contributed by atoms with Crippen molar-refractivity contribution in [1.82, 2.24) is 4.90 Å². The molecule has 1 aliphatic heterocycles. The van der Waals surface area contributed by atoms with Gasteiger partial charge in [0.1, 0.15) is 0 Å². The molecule has 0 spiro atoms. The molecule has 0 saturated carbocycles. The standard InChI is InChI=1S/C11H10BrN3O3S/c12-8-3-7(4-9(5-8)15(17)18)10(16)6-14-1-2-19-11(14)13/h3-5,13H,1-2,6H2. The highest BCUT2D eigenvalue weighted by Crippen LogP contribution is 2.23. The Hall–Kier alpha value is -1.41. The molecule has 19 heavy (non-hydrogen) atoms. The molecule has 100 valence electrons. The van der Waals surface area contributed by atoms with Crippen LogP contribution in [0.1, 0.15) is 10.4 Å². The Morgan fingerprint density at radius 2 is 2.26 bits per heavy atom. The number of hydrogen-bond acceptors (Lipinski definition) is 5. The molecule has 1 fully saturated rings. The molecule has 8 heteroatoms. The van der Waals surface area contributed by atoms with Crippen molar-refractivity contribution in [2.45, 2.75) is 0 Å². The average Bonchev–Trinajstić information content (AvgIpc) is 2.74. The van der Waals surface area contributed by atoms with Crippen LogP contribution in [0.3, 0.4) is 0 Å². The first-order valence-electron chi connectivity index (χ1n) is 5.42. The fourth-order valence-corrected chi connectivity index (χ4v) is 3.03. The molecular weight excluding hydrogens is 334 g/mol. The maximum absolute atomic E-state index is 12.1. The molecular formula is C11H10BrN3O3S. The van der Waals surface area contributed by atoms with Crippen molar-refractivity contribution in [3.63, 3.8) is 0 Å². The van der Waals surface area contributed by atoms with Crippen molar-refractivity contribution in [1.29, 1.82) is 5.41 Å². The lowest BCUT2D eigenvalue weighted by molar-refractivity contribution is -0.384. The number of thioether (sulfide) groups is 1. The summed E-state index contributed by atoms with van der Waals surface area (Å²) in [6, 6.07) is 4.17. The second-order valence-corrected chi connectivity index (χ2v) is 5.95. The number of nitro groups is 1. The Morgan fingerprint density at radius 3 is 2.84 bits per heavy atom. The number of ketones is 1. The van der Waals surface area contributed by atoms with Gasteiger partial charge in [0.25, 0.3) is 5.69 Å². The predicted molar refractivity (Wildman–Crippen MR) is 76.9 cm³/mol. The lowest BCUT2D eigenvalue weighted by Crippen LogP contribution is -2.30. The van der Waals surface area contributed by atoms with Gasteiger partial charge >= 0.3 is 0 Å². The summed E-state index contributed by atoms with van der Waals surface area (Å²) in [5, 5.41) is 18.8. The quantitative estimate of drug-likeness (QED) is 0.515. The van der Waals surface area contributed by atoms with Gasteiger partial charge in [0.2, 0.25) is 0 Å². The zero-order chi connectivity index (χ0) is 14.0. The number of halogens is 1. The maximum atomic E-state index is 12.1. The molecule has 1 N–H and O–H groups in total. The topological polar surface area (TPSA) is 87.3 Å². The van der Waals surface area contributed by atoms with Gasteiger partial charge in [0, 0.05) is 34.5 Å². The third-order valence-corrected chi connectivity index (χ3v) is 4.01. The number of carbonyl (C=O) groups is 1. The van der Waals surface area contributed by atoms with Crippen LogP contribution in [-0.4, -0.2) is 39.6 Å². The van der Waals surface area contributed by atoms with Crippen LogP contribution >= 0.6 is 27.7 Å². The van der Waals surface area contributed by atoms with Gasteiger partial charge in [-0.1, -0.05) is 27.7 Å². The summed E-state index contributed by atoms with van der Waals surface area (Å²) in [6.45, 7) is 0.741. The maximum Gasteiger partial charge on any atom is 0.271 e. The molecule has 0 aromatic heterocycles. The second-order valence-electron chi connectivity index (χ2n) is 3.95. The van der Waals surface area contributed by atoms with Crippen molar-refractivity contribution in [3.05, 3.63) is 38.3 Å². The van der Waals surface area contributed by atoms with Gasteiger partial charge in [-0.3, -0.25) is 20.3 Å². The van der Waals surface area contributed by atoms with Crippen molar-refractivity contribution >= 4 is 44.3 Å². The number of hydrogen-bond donors (Lipinski definition) is 1. The lowest BCUT2D eigenvalue weighted by atomic mass is 10.1. The fraction of sp³-hybridized carbons (Fsp3) is 0.273. The summed E-state index contributed by atoms with van der Waals surface area (Å²) in [4.78, 5) is 24.0. The van der Waals surface area contributed by atoms with E-state index in [0.29, 0.717) is 16.2 Å². The van der Waals surface area contributed by atoms with E-state index >= 15 is 0 Å². The largest absolute Gasteiger partial charge is 0.343 e. The first-order chi connectivity index (χ1) is 8.97. The molecule has 0 aliphatic carbocycles. The van der Waals surface area contributed by atoms with Gasteiger partial charge in [-0.2, -0.15) is 0 Å². The van der Waals surface area contributed by atoms with Crippen LogP contribution in [0.25, 0.3) is 0 Å². The summed E-state index contributed by atoms with van der Waals surface area (Å²) in [5.74, 6) is 0.571. The van der Waals surface area contributed by atoms with E-state index in [0.717, 1.165) is 5.75 Å². The van der Waals surface area contributed by atoms with Gasteiger partial charge in [-0.25, -0.2) is 0 Å². The number of rotatable bonds is 4. The van der Waals surface area contributed by atoms with Gasteiger partial charge < -0.3 is 4.90 Å². The van der Waals surface area contributed by atoms with E-state index in [2.05, 4.69) is 15.9 Å². The van der Waals surface area contributed by atoms with Crippen molar-refractivity contribution in [3.8, 4) is 0 Å². The third-order valence-electron chi connectivity index (χ3n) is 2.64. The Balaban J connectivity index is 2.19. The monoisotopic (exact) mass is 343 g/mol. The number of amidine groups is 1. The second kappa shape index (κ2) is 5.70. The lowest BCUT2D eigenvalue weighted by Gasteiger charge is -2.15. The van der Waals surface area contributed by atoms with Crippen molar-refractivity contribution in [2.75, 3.05) is 18.8 Å². The van der Waals surface area contributed by atoms with Gasteiger partial charge in [-0.15, -0.1) is 0 Å². The number of Topliss-reactive ketones (excluding diaryl/α,β-unsaturated/α-hetero) is 1. The van der Waals surface area contributed by atoms with Gasteiger partial charge in [-0.05, 0) is 6.07 Å². The molecule has 6 nitrogen and oxygen atoms in total. The summed E-state index contributed by atoms with van der Waals surface area (Å²) in [5.41, 5.74) is 0.161. The predicted octanol–water partition coefficient (Wildman–Crippen LogP) is 2.52. The molecule has 1 heterocycles. The first-order valence-corrected chi connectivity index (χ1v) is 7.19. The minimum atomic E-state index is -0.532. The molecule has 2 rings (SSSR count).